The third-order valence-electron chi connectivity index (χ3n) is 2.11. The zero-order chi connectivity index (χ0) is 12.7. The maximum atomic E-state index is 12.0. The maximum absolute atomic E-state index is 12.0. The number of pyridine rings is 1. The molecule has 0 aromatic carbocycles. The lowest BCUT2D eigenvalue weighted by Gasteiger charge is -2.09. The van der Waals surface area contributed by atoms with Gasteiger partial charge in [0, 0.05) is 19.8 Å². The molecule has 7 heteroatoms. The minimum Gasteiger partial charge on any atom is -0.372 e. The molecule has 0 bridgehead atoms. The Kier molecular flexibility index (Phi) is 5.73. The third-order valence-corrected chi connectivity index (χ3v) is 4.30. The standard InChI is InChI=1S/C10H17N3O2S2/c1-11-10-9(5-3-6-12-10)17(14,15)13-7-4-8-16-2/h3,5-6,13H,4,7-8H2,1-2H3,(H,11,12). The van der Waals surface area contributed by atoms with Crippen LogP contribution in [0.2, 0.25) is 0 Å². The summed E-state index contributed by atoms with van der Waals surface area (Å²) in [6.45, 7) is 0.446. The van der Waals surface area contributed by atoms with Gasteiger partial charge in [-0.05, 0) is 30.6 Å². The lowest BCUT2D eigenvalue weighted by molar-refractivity contribution is 0.581. The van der Waals surface area contributed by atoms with Crippen LogP contribution >= 0.6 is 11.8 Å². The van der Waals surface area contributed by atoms with Crippen LogP contribution < -0.4 is 10.0 Å². The average Bonchev–Trinajstić information content (AvgIpc) is 2.34. The van der Waals surface area contributed by atoms with Crippen molar-refractivity contribution in [1.29, 1.82) is 0 Å². The van der Waals surface area contributed by atoms with Gasteiger partial charge in [-0.25, -0.2) is 18.1 Å². The van der Waals surface area contributed by atoms with Crippen LogP contribution in [-0.2, 0) is 10.0 Å². The minimum absolute atomic E-state index is 0.187. The Bertz CT molecular complexity index is 449. The van der Waals surface area contributed by atoms with Gasteiger partial charge >= 0.3 is 0 Å². The predicted molar refractivity (Wildman–Crippen MR) is 72.0 cm³/mol. The molecule has 0 amide bonds. The molecule has 5 nitrogen and oxygen atoms in total. The van der Waals surface area contributed by atoms with Crippen molar-refractivity contribution >= 4 is 27.6 Å². The number of sulfonamides is 1. The second-order valence-electron chi connectivity index (χ2n) is 3.34. The first kappa shape index (κ1) is 14.3. The first-order valence-electron chi connectivity index (χ1n) is 5.23. The van der Waals surface area contributed by atoms with Crippen molar-refractivity contribution < 1.29 is 8.42 Å². The number of anilines is 1. The van der Waals surface area contributed by atoms with Crippen molar-refractivity contribution in [1.82, 2.24) is 9.71 Å². The summed E-state index contributed by atoms with van der Waals surface area (Å²) in [6.07, 6.45) is 4.36. The Balaban J connectivity index is 2.75. The molecule has 1 heterocycles. The molecule has 0 fully saturated rings. The van der Waals surface area contributed by atoms with E-state index in [1.165, 1.54) is 6.07 Å². The molecule has 0 radical (unpaired) electrons. The molecule has 0 aliphatic heterocycles. The molecule has 2 N–H and O–H groups in total. The van der Waals surface area contributed by atoms with Crippen LogP contribution in [0.15, 0.2) is 23.2 Å². The van der Waals surface area contributed by atoms with Gasteiger partial charge < -0.3 is 5.32 Å². The Morgan fingerprint density at radius 3 is 2.88 bits per heavy atom. The van der Waals surface area contributed by atoms with Gasteiger partial charge in [-0.15, -0.1) is 0 Å². The zero-order valence-corrected chi connectivity index (χ0v) is 11.6. The molecule has 0 aliphatic rings. The van der Waals surface area contributed by atoms with E-state index in [1.54, 1.807) is 31.1 Å². The summed E-state index contributed by atoms with van der Waals surface area (Å²) < 4.78 is 26.5. The van der Waals surface area contributed by atoms with E-state index >= 15 is 0 Å². The van der Waals surface area contributed by atoms with E-state index < -0.39 is 10.0 Å². The fraction of sp³-hybridized carbons (Fsp3) is 0.500. The van der Waals surface area contributed by atoms with Crippen LogP contribution in [-0.4, -0.2) is 39.0 Å². The summed E-state index contributed by atoms with van der Waals surface area (Å²) in [6, 6.07) is 3.15. The van der Waals surface area contributed by atoms with Crippen LogP contribution in [0.1, 0.15) is 6.42 Å². The first-order chi connectivity index (χ1) is 8.11. The molecule has 96 valence electrons. The molecular weight excluding hydrogens is 258 g/mol. The monoisotopic (exact) mass is 275 g/mol. The fourth-order valence-electron chi connectivity index (χ4n) is 1.30. The second-order valence-corrected chi connectivity index (χ2v) is 6.07. The van der Waals surface area contributed by atoms with Gasteiger partial charge in [0.05, 0.1) is 0 Å². The van der Waals surface area contributed by atoms with Crippen LogP contribution in [0, 0.1) is 0 Å². The fourth-order valence-corrected chi connectivity index (χ4v) is 2.96. The number of hydrogen-bond acceptors (Lipinski definition) is 5. The minimum atomic E-state index is -3.47. The van der Waals surface area contributed by atoms with Gasteiger partial charge in [-0.2, -0.15) is 11.8 Å². The SMILES string of the molecule is CNc1ncccc1S(=O)(=O)NCCCSC. The average molecular weight is 275 g/mol. The maximum Gasteiger partial charge on any atom is 0.244 e. The molecule has 0 saturated heterocycles. The van der Waals surface area contributed by atoms with E-state index in [2.05, 4.69) is 15.0 Å². The van der Waals surface area contributed by atoms with E-state index in [0.717, 1.165) is 12.2 Å². The summed E-state index contributed by atoms with van der Waals surface area (Å²) in [5.41, 5.74) is 0. The molecule has 17 heavy (non-hydrogen) atoms. The summed E-state index contributed by atoms with van der Waals surface area (Å²) in [5.74, 6) is 1.30. The van der Waals surface area contributed by atoms with E-state index in [-0.39, 0.29) is 4.90 Å². The summed E-state index contributed by atoms with van der Waals surface area (Å²) in [7, 11) is -1.82. The van der Waals surface area contributed by atoms with Crippen molar-refractivity contribution in [3.63, 3.8) is 0 Å². The molecule has 1 aromatic rings. The Morgan fingerprint density at radius 2 is 2.24 bits per heavy atom. The quantitative estimate of drug-likeness (QED) is 0.731. The van der Waals surface area contributed by atoms with Crippen LogP contribution in [0.5, 0.6) is 0 Å². The van der Waals surface area contributed by atoms with Crippen molar-refractivity contribution in [2.75, 3.05) is 30.9 Å². The number of nitrogens with zero attached hydrogens (tertiary/aromatic N) is 1. The molecule has 0 spiro atoms. The normalized spacial score (nSPS) is 11.4. The van der Waals surface area contributed by atoms with Crippen LogP contribution in [0.4, 0.5) is 5.82 Å². The molecule has 0 saturated carbocycles. The third kappa shape index (κ3) is 4.18. The van der Waals surface area contributed by atoms with Gasteiger partial charge in [0.15, 0.2) is 0 Å². The smallest absolute Gasteiger partial charge is 0.244 e. The largest absolute Gasteiger partial charge is 0.372 e. The number of nitrogens with one attached hydrogen (secondary N) is 2. The van der Waals surface area contributed by atoms with Gasteiger partial charge in [0.1, 0.15) is 10.7 Å². The number of rotatable bonds is 7. The molecular formula is C10H17N3O2S2. The highest BCUT2D eigenvalue weighted by atomic mass is 32.2. The van der Waals surface area contributed by atoms with E-state index in [4.69, 9.17) is 0 Å². The van der Waals surface area contributed by atoms with Crippen molar-refractivity contribution in [2.45, 2.75) is 11.3 Å². The lowest BCUT2D eigenvalue weighted by atomic mass is 10.5. The van der Waals surface area contributed by atoms with Gasteiger partial charge in [-0.1, -0.05) is 0 Å². The highest BCUT2D eigenvalue weighted by Gasteiger charge is 2.17. The van der Waals surface area contributed by atoms with E-state index in [9.17, 15) is 8.42 Å². The van der Waals surface area contributed by atoms with Gasteiger partial charge in [0.25, 0.3) is 0 Å². The summed E-state index contributed by atoms with van der Waals surface area (Å²) >= 11 is 1.70. The lowest BCUT2D eigenvalue weighted by Crippen LogP contribution is -2.26. The second kappa shape index (κ2) is 6.83. The molecule has 1 aromatic heterocycles. The number of hydrogen-bond donors (Lipinski definition) is 2. The molecule has 0 atom stereocenters. The summed E-state index contributed by atoms with van der Waals surface area (Å²) in [4.78, 5) is 4.16. The molecule has 1 rings (SSSR count). The van der Waals surface area contributed by atoms with Crippen molar-refractivity contribution in [3.8, 4) is 0 Å². The van der Waals surface area contributed by atoms with Crippen LogP contribution in [0.25, 0.3) is 0 Å². The van der Waals surface area contributed by atoms with E-state index in [0.29, 0.717) is 12.4 Å². The van der Waals surface area contributed by atoms with Crippen molar-refractivity contribution in [2.24, 2.45) is 0 Å². The highest BCUT2D eigenvalue weighted by molar-refractivity contribution is 7.98. The number of aromatic nitrogens is 1. The zero-order valence-electron chi connectivity index (χ0n) is 9.93. The topological polar surface area (TPSA) is 71.1 Å². The first-order valence-corrected chi connectivity index (χ1v) is 8.11. The summed E-state index contributed by atoms with van der Waals surface area (Å²) in [5, 5.41) is 2.77. The Hall–Kier alpha value is -0.790. The molecule has 0 unspecified atom stereocenters. The predicted octanol–water partition coefficient (Wildman–Crippen LogP) is 1.15. The van der Waals surface area contributed by atoms with Crippen molar-refractivity contribution in [3.05, 3.63) is 18.3 Å². The Morgan fingerprint density at radius 1 is 1.47 bits per heavy atom. The number of thioether (sulfide) groups is 1. The van der Waals surface area contributed by atoms with E-state index in [1.807, 2.05) is 6.26 Å². The van der Waals surface area contributed by atoms with Gasteiger partial charge in [0.2, 0.25) is 10.0 Å². The Labute approximate surface area is 106 Å². The van der Waals surface area contributed by atoms with Crippen LogP contribution in [0.3, 0.4) is 0 Å². The highest BCUT2D eigenvalue weighted by Crippen LogP contribution is 2.16. The van der Waals surface area contributed by atoms with Gasteiger partial charge in [-0.3, -0.25) is 0 Å². The molecule has 0 aliphatic carbocycles.